The van der Waals surface area contributed by atoms with Crippen molar-refractivity contribution in [3.63, 3.8) is 0 Å². The topological polar surface area (TPSA) is 75.5 Å². The van der Waals surface area contributed by atoms with E-state index in [1.807, 2.05) is 0 Å². The van der Waals surface area contributed by atoms with Gasteiger partial charge in [0.05, 0.1) is 11.9 Å². The summed E-state index contributed by atoms with van der Waals surface area (Å²) < 4.78 is 26.8. The van der Waals surface area contributed by atoms with Gasteiger partial charge in [-0.25, -0.2) is 8.42 Å². The summed E-state index contributed by atoms with van der Waals surface area (Å²) in [6.07, 6.45) is 4.48. The van der Waals surface area contributed by atoms with Crippen LogP contribution in [0.5, 0.6) is 0 Å². The molecule has 128 valence electrons. The number of rotatable bonds is 3. The van der Waals surface area contributed by atoms with Crippen LogP contribution in [0.2, 0.25) is 0 Å². The molecule has 1 aromatic heterocycles. The Labute approximate surface area is 141 Å². The molecule has 0 bridgehead atoms. The number of hydrogen-bond acceptors (Lipinski definition) is 4. The van der Waals surface area contributed by atoms with Crippen molar-refractivity contribution in [2.24, 2.45) is 7.05 Å². The smallest absolute Gasteiger partial charge is 0.259 e. The number of nitrogens with zero attached hydrogens (tertiary/aromatic N) is 4. The number of anilines is 2. The SMILES string of the molecule is CN(C(=O)c1ccc2c(c1)CCCN2S(C)(=O)=O)c1ccn(C)n1. The second-order valence-corrected chi connectivity index (χ2v) is 7.90. The van der Waals surface area contributed by atoms with Crippen LogP contribution in [-0.2, 0) is 23.5 Å². The van der Waals surface area contributed by atoms with E-state index in [0.29, 0.717) is 23.6 Å². The van der Waals surface area contributed by atoms with Gasteiger partial charge in [0.15, 0.2) is 5.82 Å². The van der Waals surface area contributed by atoms with E-state index in [-0.39, 0.29) is 5.91 Å². The van der Waals surface area contributed by atoms with Gasteiger partial charge in [0.25, 0.3) is 5.91 Å². The number of sulfonamides is 1. The quantitative estimate of drug-likeness (QED) is 0.840. The zero-order valence-corrected chi connectivity index (χ0v) is 14.7. The van der Waals surface area contributed by atoms with Crippen molar-refractivity contribution < 1.29 is 13.2 Å². The molecule has 3 rings (SSSR count). The number of hydrogen-bond donors (Lipinski definition) is 0. The summed E-state index contributed by atoms with van der Waals surface area (Å²) in [4.78, 5) is 14.1. The molecule has 8 heteroatoms. The average molecular weight is 348 g/mol. The van der Waals surface area contributed by atoms with Crippen molar-refractivity contribution in [1.82, 2.24) is 9.78 Å². The normalized spacial score (nSPS) is 14.4. The Balaban J connectivity index is 1.92. The lowest BCUT2D eigenvalue weighted by Gasteiger charge is -2.29. The maximum Gasteiger partial charge on any atom is 0.259 e. The highest BCUT2D eigenvalue weighted by molar-refractivity contribution is 7.92. The van der Waals surface area contributed by atoms with Gasteiger partial charge >= 0.3 is 0 Å². The average Bonchev–Trinajstić information content (AvgIpc) is 2.98. The van der Waals surface area contributed by atoms with E-state index >= 15 is 0 Å². The predicted octanol–water partition coefficient (Wildman–Crippen LogP) is 1.41. The van der Waals surface area contributed by atoms with Crippen LogP contribution in [0, 0.1) is 0 Å². The highest BCUT2D eigenvalue weighted by Gasteiger charge is 2.25. The van der Waals surface area contributed by atoms with Gasteiger partial charge in [-0.05, 0) is 36.6 Å². The van der Waals surface area contributed by atoms with Gasteiger partial charge < -0.3 is 0 Å². The molecule has 2 aromatic rings. The maximum absolute atomic E-state index is 12.7. The molecule has 0 saturated heterocycles. The minimum absolute atomic E-state index is 0.173. The first-order chi connectivity index (χ1) is 11.3. The molecule has 7 nitrogen and oxygen atoms in total. The van der Waals surface area contributed by atoms with Crippen molar-refractivity contribution >= 4 is 27.4 Å². The lowest BCUT2D eigenvalue weighted by Crippen LogP contribution is -2.35. The van der Waals surface area contributed by atoms with Crippen LogP contribution < -0.4 is 9.21 Å². The van der Waals surface area contributed by atoms with Crippen molar-refractivity contribution in [3.8, 4) is 0 Å². The minimum Gasteiger partial charge on any atom is -0.294 e. The molecule has 0 spiro atoms. The van der Waals surface area contributed by atoms with Gasteiger partial charge in [-0.2, -0.15) is 5.10 Å². The van der Waals surface area contributed by atoms with Crippen molar-refractivity contribution in [1.29, 1.82) is 0 Å². The van der Waals surface area contributed by atoms with Crippen LogP contribution in [0.25, 0.3) is 0 Å². The van der Waals surface area contributed by atoms with Gasteiger partial charge in [-0.1, -0.05) is 0 Å². The molecule has 1 aliphatic rings. The standard InChI is InChI=1S/C16H20N4O3S/c1-18-10-8-15(17-18)19(2)16(21)13-6-7-14-12(11-13)5-4-9-20(14)24(3,22)23/h6-8,10-11H,4-5,9H2,1-3H3. The number of amides is 1. The van der Waals surface area contributed by atoms with Gasteiger partial charge in [-0.3, -0.25) is 18.7 Å². The minimum atomic E-state index is -3.30. The predicted molar refractivity (Wildman–Crippen MR) is 92.9 cm³/mol. The van der Waals surface area contributed by atoms with E-state index in [1.165, 1.54) is 15.5 Å². The summed E-state index contributed by atoms with van der Waals surface area (Å²) in [5.74, 6) is 0.394. The summed E-state index contributed by atoms with van der Waals surface area (Å²) in [6, 6.07) is 6.94. The first kappa shape index (κ1) is 16.5. The van der Waals surface area contributed by atoms with E-state index in [1.54, 1.807) is 49.2 Å². The van der Waals surface area contributed by atoms with E-state index in [0.717, 1.165) is 18.4 Å². The van der Waals surface area contributed by atoms with Gasteiger partial charge in [0, 0.05) is 38.5 Å². The van der Waals surface area contributed by atoms with E-state index in [2.05, 4.69) is 5.10 Å². The summed E-state index contributed by atoms with van der Waals surface area (Å²) in [6.45, 7) is 0.479. The van der Waals surface area contributed by atoms with E-state index < -0.39 is 10.0 Å². The number of carbonyl (C=O) groups excluding carboxylic acids is 1. The second-order valence-electron chi connectivity index (χ2n) is 5.99. The fourth-order valence-corrected chi connectivity index (χ4v) is 3.92. The third kappa shape index (κ3) is 3.01. The van der Waals surface area contributed by atoms with Gasteiger partial charge in [0.1, 0.15) is 0 Å². The highest BCUT2D eigenvalue weighted by atomic mass is 32.2. The Kier molecular flexibility index (Phi) is 4.08. The molecule has 0 fully saturated rings. The fraction of sp³-hybridized carbons (Fsp3) is 0.375. The van der Waals surface area contributed by atoms with Crippen molar-refractivity contribution in [2.75, 3.05) is 29.1 Å². The molecule has 0 atom stereocenters. The summed E-state index contributed by atoms with van der Waals surface area (Å²) in [5.41, 5.74) is 2.07. The molecule has 0 N–H and O–H groups in total. The Morgan fingerprint density at radius 3 is 2.67 bits per heavy atom. The van der Waals surface area contributed by atoms with Crippen LogP contribution in [-0.4, -0.2) is 44.0 Å². The van der Waals surface area contributed by atoms with Crippen LogP contribution in [0.1, 0.15) is 22.3 Å². The van der Waals surface area contributed by atoms with Crippen molar-refractivity contribution in [2.45, 2.75) is 12.8 Å². The van der Waals surface area contributed by atoms with E-state index in [4.69, 9.17) is 0 Å². The molecule has 0 unspecified atom stereocenters. The maximum atomic E-state index is 12.7. The number of benzene rings is 1. The highest BCUT2D eigenvalue weighted by Crippen LogP contribution is 2.30. The van der Waals surface area contributed by atoms with Crippen LogP contribution in [0.3, 0.4) is 0 Å². The largest absolute Gasteiger partial charge is 0.294 e. The van der Waals surface area contributed by atoms with Gasteiger partial charge in [0.2, 0.25) is 10.0 Å². The third-order valence-electron chi connectivity index (χ3n) is 4.15. The molecular formula is C16H20N4O3S. The number of aromatic nitrogens is 2. The number of carbonyl (C=O) groups is 1. The molecule has 1 aromatic carbocycles. The summed E-state index contributed by atoms with van der Waals surface area (Å²) >= 11 is 0. The van der Waals surface area contributed by atoms with Crippen LogP contribution in [0.4, 0.5) is 11.5 Å². The monoisotopic (exact) mass is 348 g/mol. The zero-order valence-electron chi connectivity index (χ0n) is 13.9. The molecule has 0 saturated carbocycles. The molecule has 1 aliphatic heterocycles. The molecule has 2 heterocycles. The third-order valence-corrected chi connectivity index (χ3v) is 5.33. The first-order valence-corrected chi connectivity index (χ1v) is 9.50. The van der Waals surface area contributed by atoms with E-state index in [9.17, 15) is 13.2 Å². The summed E-state index contributed by atoms with van der Waals surface area (Å²) in [7, 11) is 0.162. The fourth-order valence-electron chi connectivity index (χ4n) is 2.92. The zero-order chi connectivity index (χ0) is 17.5. The lowest BCUT2D eigenvalue weighted by molar-refractivity contribution is 0.0992. The lowest BCUT2D eigenvalue weighted by atomic mass is 10.0. The Bertz CT molecular complexity index is 888. The molecule has 0 radical (unpaired) electrons. The number of aryl methyl sites for hydroxylation is 2. The van der Waals surface area contributed by atoms with Gasteiger partial charge in [-0.15, -0.1) is 0 Å². The molecule has 1 amide bonds. The Hall–Kier alpha value is -2.35. The van der Waals surface area contributed by atoms with Crippen LogP contribution in [0.15, 0.2) is 30.5 Å². The second kappa shape index (κ2) is 5.94. The van der Waals surface area contributed by atoms with Crippen LogP contribution >= 0.6 is 0 Å². The number of fused-ring (bicyclic) bond motifs is 1. The summed E-state index contributed by atoms with van der Waals surface area (Å²) in [5, 5.41) is 4.22. The molecule has 24 heavy (non-hydrogen) atoms. The van der Waals surface area contributed by atoms with Crippen molar-refractivity contribution in [3.05, 3.63) is 41.6 Å². The first-order valence-electron chi connectivity index (χ1n) is 7.66. The Morgan fingerprint density at radius 2 is 2.04 bits per heavy atom. The Morgan fingerprint density at radius 1 is 1.29 bits per heavy atom. The molecule has 0 aliphatic carbocycles. The molecular weight excluding hydrogens is 328 g/mol.